The summed E-state index contributed by atoms with van der Waals surface area (Å²) in [5.41, 5.74) is 0. The van der Waals surface area contributed by atoms with Crippen molar-refractivity contribution in [2.75, 3.05) is 19.6 Å². The number of hydrogen-bond donors (Lipinski definition) is 0. The molecule has 0 radical (unpaired) electrons. The summed E-state index contributed by atoms with van der Waals surface area (Å²) >= 11 is 1.66. The highest BCUT2D eigenvalue weighted by Crippen LogP contribution is 2.30. The molecule has 1 amide bonds. The first-order valence-corrected chi connectivity index (χ1v) is 9.00. The summed E-state index contributed by atoms with van der Waals surface area (Å²) < 4.78 is 5.09. The summed E-state index contributed by atoms with van der Waals surface area (Å²) in [5.74, 6) is 1.36. The van der Waals surface area contributed by atoms with Crippen LogP contribution in [-0.2, 0) is 11.3 Å². The molecule has 0 unspecified atom stereocenters. The van der Waals surface area contributed by atoms with Crippen molar-refractivity contribution in [2.45, 2.75) is 32.4 Å². The van der Waals surface area contributed by atoms with E-state index in [1.807, 2.05) is 16.3 Å². The monoisotopic (exact) mass is 346 g/mol. The Morgan fingerprint density at radius 3 is 3.17 bits per heavy atom. The van der Waals surface area contributed by atoms with Gasteiger partial charge in [0.15, 0.2) is 5.82 Å². The molecule has 2 aromatic heterocycles. The summed E-state index contributed by atoms with van der Waals surface area (Å²) in [4.78, 5) is 22.3. The van der Waals surface area contributed by atoms with E-state index in [4.69, 9.17) is 4.52 Å². The highest BCUT2D eigenvalue weighted by atomic mass is 32.1. The second kappa shape index (κ2) is 7.72. The molecule has 7 heteroatoms. The van der Waals surface area contributed by atoms with E-state index >= 15 is 0 Å². The lowest BCUT2D eigenvalue weighted by Crippen LogP contribution is -2.40. The SMILES string of the molecule is C=CCN(Cc1cccs1)C(=O)CN1CCC[C@@H]1c1noc(C)n1. The van der Waals surface area contributed by atoms with E-state index in [1.54, 1.807) is 24.3 Å². The molecule has 0 spiro atoms. The predicted molar refractivity (Wildman–Crippen MR) is 92.5 cm³/mol. The third-order valence-corrected chi connectivity index (χ3v) is 5.03. The fourth-order valence-electron chi connectivity index (χ4n) is 3.03. The van der Waals surface area contributed by atoms with Crippen molar-refractivity contribution in [2.24, 2.45) is 0 Å². The molecule has 24 heavy (non-hydrogen) atoms. The van der Waals surface area contributed by atoms with E-state index in [1.165, 1.54) is 4.88 Å². The number of aryl methyl sites for hydroxylation is 1. The largest absolute Gasteiger partial charge is 0.340 e. The van der Waals surface area contributed by atoms with Crippen LogP contribution in [0.25, 0.3) is 0 Å². The van der Waals surface area contributed by atoms with E-state index in [9.17, 15) is 4.79 Å². The van der Waals surface area contributed by atoms with Gasteiger partial charge in [-0.25, -0.2) is 0 Å². The molecule has 2 aromatic rings. The van der Waals surface area contributed by atoms with Crippen LogP contribution in [0.4, 0.5) is 0 Å². The van der Waals surface area contributed by atoms with Gasteiger partial charge in [-0.15, -0.1) is 17.9 Å². The molecule has 1 saturated heterocycles. The van der Waals surface area contributed by atoms with Gasteiger partial charge >= 0.3 is 0 Å². The Kier molecular flexibility index (Phi) is 5.42. The molecule has 1 aliphatic heterocycles. The second-order valence-corrected chi connectivity index (χ2v) is 6.97. The fourth-order valence-corrected chi connectivity index (χ4v) is 3.75. The number of carbonyl (C=O) groups is 1. The summed E-state index contributed by atoms with van der Waals surface area (Å²) in [6.07, 6.45) is 3.77. The van der Waals surface area contributed by atoms with Crippen LogP contribution < -0.4 is 0 Å². The number of likely N-dealkylation sites (tertiary alicyclic amines) is 1. The number of nitrogens with zero attached hydrogens (tertiary/aromatic N) is 4. The Balaban J connectivity index is 1.65. The fraction of sp³-hybridized carbons (Fsp3) is 0.471. The Hall–Kier alpha value is -1.99. The van der Waals surface area contributed by atoms with E-state index in [0.717, 1.165) is 19.4 Å². The quantitative estimate of drug-likeness (QED) is 0.722. The minimum Gasteiger partial charge on any atom is -0.340 e. The van der Waals surface area contributed by atoms with Crippen LogP contribution in [0.5, 0.6) is 0 Å². The van der Waals surface area contributed by atoms with E-state index in [0.29, 0.717) is 31.3 Å². The maximum absolute atomic E-state index is 12.8. The summed E-state index contributed by atoms with van der Waals surface area (Å²) in [5, 5.41) is 6.06. The number of aromatic nitrogens is 2. The Morgan fingerprint density at radius 2 is 2.50 bits per heavy atom. The molecular formula is C17H22N4O2S. The zero-order valence-electron chi connectivity index (χ0n) is 13.9. The molecule has 0 N–H and O–H groups in total. The van der Waals surface area contributed by atoms with E-state index in [2.05, 4.69) is 27.7 Å². The highest BCUT2D eigenvalue weighted by Gasteiger charge is 2.32. The van der Waals surface area contributed by atoms with Crippen molar-refractivity contribution < 1.29 is 9.32 Å². The minimum atomic E-state index is 0.0683. The molecule has 1 atom stereocenters. The third-order valence-electron chi connectivity index (χ3n) is 4.17. The van der Waals surface area contributed by atoms with Crippen molar-refractivity contribution in [3.63, 3.8) is 0 Å². The van der Waals surface area contributed by atoms with Crippen molar-refractivity contribution >= 4 is 17.2 Å². The second-order valence-electron chi connectivity index (χ2n) is 5.94. The molecule has 6 nitrogen and oxygen atoms in total. The number of hydrogen-bond acceptors (Lipinski definition) is 6. The predicted octanol–water partition coefficient (Wildman–Crippen LogP) is 2.79. The van der Waals surface area contributed by atoms with Gasteiger partial charge in [0.2, 0.25) is 11.8 Å². The van der Waals surface area contributed by atoms with Gasteiger partial charge in [-0.05, 0) is 30.8 Å². The van der Waals surface area contributed by atoms with Crippen molar-refractivity contribution in [3.05, 3.63) is 46.8 Å². The maximum Gasteiger partial charge on any atom is 0.237 e. The van der Waals surface area contributed by atoms with Crippen LogP contribution in [0.2, 0.25) is 0 Å². The first kappa shape index (κ1) is 16.9. The Labute approximate surface area is 145 Å². The summed E-state index contributed by atoms with van der Waals surface area (Å²) in [6, 6.07) is 4.12. The minimum absolute atomic E-state index is 0.0683. The van der Waals surface area contributed by atoms with Crippen LogP contribution in [0.15, 0.2) is 34.7 Å². The highest BCUT2D eigenvalue weighted by molar-refractivity contribution is 7.09. The number of carbonyl (C=O) groups excluding carboxylic acids is 1. The maximum atomic E-state index is 12.8. The van der Waals surface area contributed by atoms with Gasteiger partial charge in [-0.1, -0.05) is 17.3 Å². The normalized spacial score (nSPS) is 18.0. The molecule has 0 saturated carbocycles. The van der Waals surface area contributed by atoms with Gasteiger partial charge in [-0.3, -0.25) is 9.69 Å². The lowest BCUT2D eigenvalue weighted by atomic mass is 10.2. The van der Waals surface area contributed by atoms with Crippen LogP contribution in [0.1, 0.15) is 35.5 Å². The molecule has 0 bridgehead atoms. The first-order chi connectivity index (χ1) is 11.7. The smallest absolute Gasteiger partial charge is 0.237 e. The van der Waals surface area contributed by atoms with Crippen molar-refractivity contribution in [3.8, 4) is 0 Å². The van der Waals surface area contributed by atoms with Crippen LogP contribution >= 0.6 is 11.3 Å². The zero-order valence-corrected chi connectivity index (χ0v) is 14.7. The molecule has 3 rings (SSSR count). The standard InChI is InChI=1S/C17H22N4O2S/c1-3-8-21(11-14-6-5-10-24-14)16(22)12-20-9-4-7-15(20)17-18-13(2)23-19-17/h3,5-6,10,15H,1,4,7-9,11-12H2,2H3/t15-/m1/s1. The van der Waals surface area contributed by atoms with Gasteiger partial charge in [0.1, 0.15) is 0 Å². The molecule has 128 valence electrons. The zero-order chi connectivity index (χ0) is 16.9. The summed E-state index contributed by atoms with van der Waals surface area (Å²) in [7, 11) is 0. The average Bonchev–Trinajstić information content (AvgIpc) is 3.28. The molecule has 0 aliphatic carbocycles. The van der Waals surface area contributed by atoms with Gasteiger partial charge in [0, 0.05) is 18.3 Å². The number of rotatable bonds is 7. The topological polar surface area (TPSA) is 62.5 Å². The van der Waals surface area contributed by atoms with Crippen molar-refractivity contribution in [1.82, 2.24) is 19.9 Å². The lowest BCUT2D eigenvalue weighted by Gasteiger charge is -2.26. The van der Waals surface area contributed by atoms with Crippen molar-refractivity contribution in [1.29, 1.82) is 0 Å². The molecule has 1 fully saturated rings. The Bertz CT molecular complexity index is 683. The third kappa shape index (κ3) is 3.91. The molecular weight excluding hydrogens is 324 g/mol. The van der Waals surface area contributed by atoms with E-state index < -0.39 is 0 Å². The molecule has 0 aromatic carbocycles. The van der Waals surface area contributed by atoms with Gasteiger partial charge < -0.3 is 9.42 Å². The number of thiophene rings is 1. The Morgan fingerprint density at radius 1 is 1.62 bits per heavy atom. The average molecular weight is 346 g/mol. The van der Waals surface area contributed by atoms with E-state index in [-0.39, 0.29) is 11.9 Å². The van der Waals surface area contributed by atoms with Gasteiger partial charge in [-0.2, -0.15) is 4.98 Å². The van der Waals surface area contributed by atoms with Crippen LogP contribution in [-0.4, -0.2) is 45.5 Å². The molecule has 1 aliphatic rings. The van der Waals surface area contributed by atoms with Gasteiger partial charge in [0.25, 0.3) is 0 Å². The van der Waals surface area contributed by atoms with Crippen LogP contribution in [0, 0.1) is 6.92 Å². The summed E-state index contributed by atoms with van der Waals surface area (Å²) in [6.45, 7) is 7.99. The van der Waals surface area contributed by atoms with Crippen LogP contribution in [0.3, 0.4) is 0 Å². The number of amides is 1. The first-order valence-electron chi connectivity index (χ1n) is 8.12. The lowest BCUT2D eigenvalue weighted by molar-refractivity contribution is -0.132. The molecule has 3 heterocycles. The van der Waals surface area contributed by atoms with Gasteiger partial charge in [0.05, 0.1) is 19.1 Å².